The van der Waals surface area contributed by atoms with Gasteiger partial charge in [0.15, 0.2) is 5.96 Å². The van der Waals surface area contributed by atoms with Crippen molar-refractivity contribution in [3.05, 3.63) is 35.9 Å². The zero-order chi connectivity index (χ0) is 14.4. The van der Waals surface area contributed by atoms with Gasteiger partial charge in [-0.1, -0.05) is 30.3 Å². The molecular weight excluding hydrogens is 375 g/mol. The highest BCUT2D eigenvalue weighted by Crippen LogP contribution is 2.20. The first kappa shape index (κ1) is 18.2. The predicted molar refractivity (Wildman–Crippen MR) is 100 cm³/mol. The van der Waals surface area contributed by atoms with Crippen molar-refractivity contribution in [1.29, 1.82) is 0 Å². The molecule has 0 saturated carbocycles. The highest BCUT2D eigenvalue weighted by atomic mass is 127. The maximum atomic E-state index is 4.25. The molecule has 1 aliphatic heterocycles. The topological polar surface area (TPSA) is 39.7 Å². The number of hydrogen-bond donors (Lipinski definition) is 2. The number of guanidine groups is 1. The SMILES string of the molecule is CCNC(=NC)NC1CC(C)N(Cc2ccccc2)C1.I. The number of rotatable bonds is 4. The standard InChI is InChI=1S/C16H26N4.HI/c1-4-18-16(17-3)19-15-10-13(2)20(12-15)11-14-8-6-5-7-9-14;/h5-9,13,15H,4,10-12H2,1-3H3,(H2,17,18,19);1H. The molecule has 5 heteroatoms. The Morgan fingerprint density at radius 3 is 2.67 bits per heavy atom. The quantitative estimate of drug-likeness (QED) is 0.462. The lowest BCUT2D eigenvalue weighted by atomic mass is 10.2. The molecule has 1 heterocycles. The summed E-state index contributed by atoms with van der Waals surface area (Å²) in [7, 11) is 1.82. The molecule has 0 bridgehead atoms. The second-order valence-corrected chi connectivity index (χ2v) is 5.44. The van der Waals surface area contributed by atoms with Crippen LogP contribution in [-0.2, 0) is 6.54 Å². The van der Waals surface area contributed by atoms with Crippen LogP contribution in [-0.4, -0.2) is 43.1 Å². The lowest BCUT2D eigenvalue weighted by Crippen LogP contribution is -2.44. The van der Waals surface area contributed by atoms with Crippen molar-refractivity contribution < 1.29 is 0 Å². The number of halogens is 1. The molecule has 4 nitrogen and oxygen atoms in total. The van der Waals surface area contributed by atoms with Gasteiger partial charge >= 0.3 is 0 Å². The summed E-state index contributed by atoms with van der Waals surface area (Å²) in [6.07, 6.45) is 1.16. The number of nitrogens with one attached hydrogen (secondary N) is 2. The summed E-state index contributed by atoms with van der Waals surface area (Å²) < 4.78 is 0. The van der Waals surface area contributed by atoms with E-state index in [1.165, 1.54) is 5.56 Å². The van der Waals surface area contributed by atoms with E-state index >= 15 is 0 Å². The van der Waals surface area contributed by atoms with E-state index in [2.05, 4.69) is 64.7 Å². The summed E-state index contributed by atoms with van der Waals surface area (Å²) in [4.78, 5) is 6.79. The predicted octanol–water partition coefficient (Wildman–Crippen LogP) is 2.45. The molecule has 1 fully saturated rings. The molecule has 0 radical (unpaired) electrons. The van der Waals surface area contributed by atoms with E-state index in [0.717, 1.165) is 32.0 Å². The van der Waals surface area contributed by atoms with Crippen molar-refractivity contribution in [2.75, 3.05) is 20.1 Å². The summed E-state index contributed by atoms with van der Waals surface area (Å²) >= 11 is 0. The van der Waals surface area contributed by atoms with E-state index in [-0.39, 0.29) is 24.0 Å². The number of likely N-dealkylation sites (tertiary alicyclic amines) is 1. The highest BCUT2D eigenvalue weighted by molar-refractivity contribution is 14.0. The van der Waals surface area contributed by atoms with Crippen LogP contribution in [0, 0.1) is 0 Å². The molecule has 2 unspecified atom stereocenters. The molecule has 2 N–H and O–H groups in total. The maximum Gasteiger partial charge on any atom is 0.191 e. The monoisotopic (exact) mass is 402 g/mol. The Bertz CT molecular complexity index is 435. The minimum absolute atomic E-state index is 0. The number of nitrogens with zero attached hydrogens (tertiary/aromatic N) is 2. The Morgan fingerprint density at radius 2 is 2.05 bits per heavy atom. The summed E-state index contributed by atoms with van der Waals surface area (Å²) in [6.45, 7) is 7.39. The number of aliphatic imine (C=N–C) groups is 1. The second-order valence-electron chi connectivity index (χ2n) is 5.44. The van der Waals surface area contributed by atoms with Gasteiger partial charge in [-0.25, -0.2) is 0 Å². The van der Waals surface area contributed by atoms with Gasteiger partial charge in [0.05, 0.1) is 0 Å². The lowest BCUT2D eigenvalue weighted by Gasteiger charge is -2.21. The minimum atomic E-state index is 0. The van der Waals surface area contributed by atoms with E-state index in [4.69, 9.17) is 0 Å². The van der Waals surface area contributed by atoms with Gasteiger partial charge in [-0.05, 0) is 25.8 Å². The minimum Gasteiger partial charge on any atom is -0.357 e. The zero-order valence-electron chi connectivity index (χ0n) is 13.2. The van der Waals surface area contributed by atoms with E-state index in [0.29, 0.717) is 12.1 Å². The molecule has 0 spiro atoms. The van der Waals surface area contributed by atoms with Crippen LogP contribution in [0.1, 0.15) is 25.8 Å². The van der Waals surface area contributed by atoms with Crippen molar-refractivity contribution in [2.24, 2.45) is 4.99 Å². The molecule has 1 aromatic carbocycles. The Kier molecular flexibility index (Phi) is 8.03. The van der Waals surface area contributed by atoms with Crippen molar-refractivity contribution >= 4 is 29.9 Å². The molecule has 1 saturated heterocycles. The summed E-state index contributed by atoms with van der Waals surface area (Å²) in [5.74, 6) is 0.909. The number of benzene rings is 1. The summed E-state index contributed by atoms with van der Waals surface area (Å²) in [6, 6.07) is 11.8. The number of hydrogen-bond acceptors (Lipinski definition) is 2. The molecule has 2 rings (SSSR count). The summed E-state index contributed by atoms with van der Waals surface area (Å²) in [5, 5.41) is 6.77. The third-order valence-electron chi connectivity index (χ3n) is 3.84. The third kappa shape index (κ3) is 5.47. The molecule has 0 aromatic heterocycles. The molecule has 2 atom stereocenters. The van der Waals surface area contributed by atoms with Crippen LogP contribution >= 0.6 is 24.0 Å². The van der Waals surface area contributed by atoms with Crippen molar-refractivity contribution in [3.63, 3.8) is 0 Å². The van der Waals surface area contributed by atoms with E-state index in [9.17, 15) is 0 Å². The van der Waals surface area contributed by atoms with E-state index in [1.54, 1.807) is 0 Å². The molecular formula is C16H27IN4. The van der Waals surface area contributed by atoms with Gasteiger partial charge in [-0.3, -0.25) is 9.89 Å². The fourth-order valence-electron chi connectivity index (χ4n) is 2.80. The van der Waals surface area contributed by atoms with Gasteiger partial charge in [0, 0.05) is 38.8 Å². The highest BCUT2D eigenvalue weighted by Gasteiger charge is 2.29. The molecule has 21 heavy (non-hydrogen) atoms. The molecule has 1 aromatic rings. The Balaban J connectivity index is 0.00000220. The van der Waals surface area contributed by atoms with Gasteiger partial charge in [-0.2, -0.15) is 0 Å². The molecule has 0 amide bonds. The van der Waals surface area contributed by atoms with E-state index < -0.39 is 0 Å². The Morgan fingerprint density at radius 1 is 1.33 bits per heavy atom. The summed E-state index contributed by atoms with van der Waals surface area (Å²) in [5.41, 5.74) is 1.39. The first-order valence-corrected chi connectivity index (χ1v) is 7.48. The zero-order valence-corrected chi connectivity index (χ0v) is 15.5. The second kappa shape index (κ2) is 9.25. The van der Waals surface area contributed by atoms with Crippen LogP contribution in [0.15, 0.2) is 35.3 Å². The van der Waals surface area contributed by atoms with Gasteiger partial charge in [0.2, 0.25) is 0 Å². The fraction of sp³-hybridized carbons (Fsp3) is 0.562. The van der Waals surface area contributed by atoms with Gasteiger partial charge in [-0.15, -0.1) is 24.0 Å². The normalized spacial score (nSPS) is 22.7. The molecule has 118 valence electrons. The van der Waals surface area contributed by atoms with Crippen LogP contribution in [0.2, 0.25) is 0 Å². The van der Waals surface area contributed by atoms with Crippen LogP contribution < -0.4 is 10.6 Å². The Labute approximate surface area is 145 Å². The van der Waals surface area contributed by atoms with E-state index in [1.807, 2.05) is 7.05 Å². The van der Waals surface area contributed by atoms with Crippen LogP contribution in [0.25, 0.3) is 0 Å². The lowest BCUT2D eigenvalue weighted by molar-refractivity contribution is 0.258. The maximum absolute atomic E-state index is 4.25. The molecule has 1 aliphatic rings. The first-order valence-electron chi connectivity index (χ1n) is 7.48. The van der Waals surface area contributed by atoms with Crippen molar-refractivity contribution in [1.82, 2.24) is 15.5 Å². The smallest absolute Gasteiger partial charge is 0.191 e. The van der Waals surface area contributed by atoms with Crippen molar-refractivity contribution in [3.8, 4) is 0 Å². The largest absolute Gasteiger partial charge is 0.357 e. The van der Waals surface area contributed by atoms with Crippen molar-refractivity contribution in [2.45, 2.75) is 38.9 Å². The third-order valence-corrected chi connectivity index (χ3v) is 3.84. The van der Waals surface area contributed by atoms with Crippen LogP contribution in [0.4, 0.5) is 0 Å². The van der Waals surface area contributed by atoms with Gasteiger partial charge < -0.3 is 10.6 Å². The van der Waals surface area contributed by atoms with Gasteiger partial charge in [0.25, 0.3) is 0 Å². The van der Waals surface area contributed by atoms with Gasteiger partial charge in [0.1, 0.15) is 0 Å². The average molecular weight is 402 g/mol. The average Bonchev–Trinajstić information content (AvgIpc) is 2.79. The van der Waals surface area contributed by atoms with Crippen LogP contribution in [0.3, 0.4) is 0 Å². The fourth-order valence-corrected chi connectivity index (χ4v) is 2.80. The van der Waals surface area contributed by atoms with Crippen LogP contribution in [0.5, 0.6) is 0 Å². The first-order chi connectivity index (χ1) is 9.72. The molecule has 0 aliphatic carbocycles. The Hall–Kier alpha value is -0.820.